The summed E-state index contributed by atoms with van der Waals surface area (Å²) in [6.45, 7) is 2.09. The maximum Gasteiger partial charge on any atom is 0.251 e. The summed E-state index contributed by atoms with van der Waals surface area (Å²) in [6.07, 6.45) is 0. The molecule has 0 aliphatic carbocycles. The summed E-state index contributed by atoms with van der Waals surface area (Å²) in [5.74, 6) is -0.249. The molecule has 1 aromatic rings. The predicted octanol–water partition coefficient (Wildman–Crippen LogP) is 0.267. The number of rotatable bonds is 5. The molecule has 0 atom stereocenters. The van der Waals surface area contributed by atoms with Crippen LogP contribution >= 0.6 is 0 Å². The Morgan fingerprint density at radius 1 is 1.28 bits per heavy atom. The molecule has 98 valence electrons. The minimum Gasteiger partial charge on any atom is -0.504 e. The number of ether oxygens (including phenoxy) is 1. The van der Waals surface area contributed by atoms with E-state index in [0.717, 1.165) is 0 Å². The first kappa shape index (κ1) is 13.8. The lowest BCUT2D eigenvalue weighted by molar-refractivity contribution is -0.118. The van der Waals surface area contributed by atoms with Crippen molar-refractivity contribution in [3.63, 3.8) is 0 Å². The maximum absolute atomic E-state index is 11.7. The van der Waals surface area contributed by atoms with Crippen molar-refractivity contribution in [1.82, 2.24) is 10.6 Å². The minimum atomic E-state index is -0.321. The summed E-state index contributed by atoms with van der Waals surface area (Å²) in [5, 5.41) is 14.7. The van der Waals surface area contributed by atoms with Crippen LogP contribution in [-0.2, 0) is 4.79 Å². The van der Waals surface area contributed by atoms with Crippen molar-refractivity contribution in [2.24, 2.45) is 0 Å². The van der Waals surface area contributed by atoms with Crippen LogP contribution in [0.25, 0.3) is 0 Å². The molecule has 0 radical (unpaired) electrons. The van der Waals surface area contributed by atoms with Crippen LogP contribution in [0.5, 0.6) is 11.5 Å². The van der Waals surface area contributed by atoms with Gasteiger partial charge in [0.05, 0.1) is 7.11 Å². The quantitative estimate of drug-likeness (QED) is 0.656. The fraction of sp³-hybridized carbons (Fsp3) is 0.333. The van der Waals surface area contributed by atoms with Gasteiger partial charge >= 0.3 is 0 Å². The first-order chi connectivity index (χ1) is 8.54. The standard InChI is InChI=1S/C12H16N2O4/c1-8(15)13-5-6-14-12(17)9-3-4-11(18-2)10(16)7-9/h3-4,7,16H,5-6H2,1-2H3,(H,13,15)(H,14,17). The van der Waals surface area contributed by atoms with Crippen molar-refractivity contribution in [3.05, 3.63) is 23.8 Å². The summed E-state index contributed by atoms with van der Waals surface area (Å²) in [5.41, 5.74) is 0.330. The third-order valence-corrected chi connectivity index (χ3v) is 2.23. The van der Waals surface area contributed by atoms with E-state index in [1.807, 2.05) is 0 Å². The van der Waals surface area contributed by atoms with E-state index in [2.05, 4.69) is 10.6 Å². The second-order valence-corrected chi connectivity index (χ2v) is 3.63. The number of amides is 2. The smallest absolute Gasteiger partial charge is 0.251 e. The Morgan fingerprint density at radius 2 is 1.94 bits per heavy atom. The van der Waals surface area contributed by atoms with E-state index < -0.39 is 0 Å². The minimum absolute atomic E-state index is 0.0907. The average Bonchev–Trinajstić information content (AvgIpc) is 2.34. The van der Waals surface area contributed by atoms with Crippen molar-refractivity contribution in [2.75, 3.05) is 20.2 Å². The predicted molar refractivity (Wildman–Crippen MR) is 65.7 cm³/mol. The number of methoxy groups -OCH3 is 1. The Labute approximate surface area is 105 Å². The van der Waals surface area contributed by atoms with Gasteiger partial charge in [-0.25, -0.2) is 0 Å². The molecule has 0 aromatic heterocycles. The van der Waals surface area contributed by atoms with Crippen LogP contribution in [0.1, 0.15) is 17.3 Å². The van der Waals surface area contributed by atoms with Gasteiger partial charge in [0.15, 0.2) is 11.5 Å². The Balaban J connectivity index is 2.51. The average molecular weight is 252 g/mol. The number of hydrogen-bond donors (Lipinski definition) is 3. The van der Waals surface area contributed by atoms with E-state index in [1.54, 1.807) is 6.07 Å². The molecule has 0 spiro atoms. The Morgan fingerprint density at radius 3 is 2.50 bits per heavy atom. The van der Waals surface area contributed by atoms with E-state index in [4.69, 9.17) is 4.74 Å². The summed E-state index contributed by atoms with van der Waals surface area (Å²) in [6, 6.07) is 4.39. The van der Waals surface area contributed by atoms with Gasteiger partial charge in [0, 0.05) is 25.6 Å². The number of benzene rings is 1. The molecule has 0 bridgehead atoms. The lowest BCUT2D eigenvalue weighted by Gasteiger charge is -2.07. The van der Waals surface area contributed by atoms with Crippen molar-refractivity contribution >= 4 is 11.8 Å². The Hall–Kier alpha value is -2.24. The summed E-state index contributed by atoms with van der Waals surface area (Å²) >= 11 is 0. The van der Waals surface area contributed by atoms with E-state index in [-0.39, 0.29) is 17.6 Å². The van der Waals surface area contributed by atoms with Crippen LogP contribution in [0.3, 0.4) is 0 Å². The molecule has 0 saturated heterocycles. The van der Waals surface area contributed by atoms with Gasteiger partial charge in [-0.05, 0) is 18.2 Å². The highest BCUT2D eigenvalue weighted by atomic mass is 16.5. The van der Waals surface area contributed by atoms with Gasteiger partial charge in [-0.2, -0.15) is 0 Å². The highest BCUT2D eigenvalue weighted by molar-refractivity contribution is 5.94. The largest absolute Gasteiger partial charge is 0.504 e. The maximum atomic E-state index is 11.7. The summed E-state index contributed by atoms with van der Waals surface area (Å²) in [4.78, 5) is 22.3. The van der Waals surface area contributed by atoms with Crippen LogP contribution < -0.4 is 15.4 Å². The number of carbonyl (C=O) groups is 2. The second kappa shape index (κ2) is 6.48. The normalized spacial score (nSPS) is 9.67. The van der Waals surface area contributed by atoms with Gasteiger partial charge in [-0.15, -0.1) is 0 Å². The number of phenolic OH excluding ortho intramolecular Hbond substituents is 1. The molecule has 1 rings (SSSR count). The molecule has 6 heteroatoms. The molecule has 0 heterocycles. The number of phenols is 1. The van der Waals surface area contributed by atoms with E-state index in [9.17, 15) is 14.7 Å². The second-order valence-electron chi connectivity index (χ2n) is 3.63. The third kappa shape index (κ3) is 3.97. The van der Waals surface area contributed by atoms with E-state index in [0.29, 0.717) is 24.4 Å². The fourth-order valence-electron chi connectivity index (χ4n) is 1.35. The zero-order chi connectivity index (χ0) is 13.5. The molecule has 2 amide bonds. The highest BCUT2D eigenvalue weighted by Gasteiger charge is 2.08. The van der Waals surface area contributed by atoms with Crippen LogP contribution in [0, 0.1) is 0 Å². The lowest BCUT2D eigenvalue weighted by Crippen LogP contribution is -2.33. The zero-order valence-electron chi connectivity index (χ0n) is 10.3. The zero-order valence-corrected chi connectivity index (χ0v) is 10.3. The molecule has 0 aliphatic rings. The van der Waals surface area contributed by atoms with Gasteiger partial charge in [0.2, 0.25) is 5.91 Å². The number of nitrogens with one attached hydrogen (secondary N) is 2. The number of carbonyl (C=O) groups excluding carboxylic acids is 2. The Kier molecular flexibility index (Phi) is 4.98. The molecule has 0 unspecified atom stereocenters. The van der Waals surface area contributed by atoms with Gasteiger partial charge in [0.25, 0.3) is 5.91 Å². The fourth-order valence-corrected chi connectivity index (χ4v) is 1.35. The van der Waals surface area contributed by atoms with Gasteiger partial charge in [-0.3, -0.25) is 9.59 Å². The highest BCUT2D eigenvalue weighted by Crippen LogP contribution is 2.25. The topological polar surface area (TPSA) is 87.7 Å². The molecule has 6 nitrogen and oxygen atoms in total. The van der Waals surface area contributed by atoms with Crippen molar-refractivity contribution in [2.45, 2.75) is 6.92 Å². The molecule has 0 fully saturated rings. The van der Waals surface area contributed by atoms with Crippen molar-refractivity contribution in [3.8, 4) is 11.5 Å². The first-order valence-corrected chi connectivity index (χ1v) is 5.44. The third-order valence-electron chi connectivity index (χ3n) is 2.23. The van der Waals surface area contributed by atoms with E-state index in [1.165, 1.54) is 26.2 Å². The van der Waals surface area contributed by atoms with Crippen LogP contribution in [-0.4, -0.2) is 37.1 Å². The molecule has 0 aliphatic heterocycles. The molecular weight excluding hydrogens is 236 g/mol. The van der Waals surface area contributed by atoms with Crippen LogP contribution in [0.4, 0.5) is 0 Å². The van der Waals surface area contributed by atoms with E-state index >= 15 is 0 Å². The van der Waals surface area contributed by atoms with Gasteiger partial charge in [0.1, 0.15) is 0 Å². The SMILES string of the molecule is COc1ccc(C(=O)NCCNC(C)=O)cc1O. The molecule has 18 heavy (non-hydrogen) atoms. The molecule has 0 saturated carbocycles. The summed E-state index contributed by atoms with van der Waals surface area (Å²) < 4.78 is 4.88. The van der Waals surface area contributed by atoms with Gasteiger partial charge < -0.3 is 20.5 Å². The lowest BCUT2D eigenvalue weighted by atomic mass is 10.2. The molecular formula is C12H16N2O4. The number of aromatic hydroxyl groups is 1. The first-order valence-electron chi connectivity index (χ1n) is 5.44. The van der Waals surface area contributed by atoms with Crippen molar-refractivity contribution in [1.29, 1.82) is 0 Å². The van der Waals surface area contributed by atoms with Crippen LogP contribution in [0.2, 0.25) is 0 Å². The molecule has 3 N–H and O–H groups in total. The Bertz CT molecular complexity index is 446. The monoisotopic (exact) mass is 252 g/mol. The summed E-state index contributed by atoms with van der Waals surface area (Å²) in [7, 11) is 1.43. The molecule has 1 aromatic carbocycles. The van der Waals surface area contributed by atoms with Crippen molar-refractivity contribution < 1.29 is 19.4 Å². The van der Waals surface area contributed by atoms with Crippen LogP contribution in [0.15, 0.2) is 18.2 Å². The van der Waals surface area contributed by atoms with Gasteiger partial charge in [-0.1, -0.05) is 0 Å². The number of hydrogen-bond acceptors (Lipinski definition) is 4.